The summed E-state index contributed by atoms with van der Waals surface area (Å²) in [6.07, 6.45) is 5.29. The number of H-pyrrole nitrogens is 1. The maximum absolute atomic E-state index is 15.0. The molecule has 4 amide bonds. The molecule has 5 aromatic rings. The monoisotopic (exact) mass is 787 g/mol. The van der Waals surface area contributed by atoms with Crippen LogP contribution in [0.4, 0.5) is 8.78 Å². The first-order valence-electron chi connectivity index (χ1n) is 18.4. The number of fused-ring (bicyclic) bond motifs is 4. The molecule has 0 spiro atoms. The van der Waals surface area contributed by atoms with E-state index >= 15 is 8.78 Å². The molecule has 0 aliphatic carbocycles. The molecule has 7 rings (SSSR count). The maximum Gasteiger partial charge on any atom is 0.262 e. The number of hydrogen-bond donors (Lipinski definition) is 2. The van der Waals surface area contributed by atoms with Crippen LogP contribution < -0.4 is 14.8 Å². The fourth-order valence-electron chi connectivity index (χ4n) is 6.53. The Bertz CT molecular complexity index is 2270. The summed E-state index contributed by atoms with van der Waals surface area (Å²) < 4.78 is 63.5. The lowest BCUT2D eigenvalue weighted by Gasteiger charge is -2.27. The zero-order chi connectivity index (χ0) is 39.7. The van der Waals surface area contributed by atoms with Gasteiger partial charge < -0.3 is 33.4 Å². The van der Waals surface area contributed by atoms with E-state index in [2.05, 4.69) is 20.3 Å². The standard InChI is InChI=1S/C40H39F2N5O10/c41-36-27(21-31-35(37(36)42)29-23-43-9-8-30(29)45-31)24-2-7-34(44-22-24)57-11-1-10-52-12-13-53-14-15-54-16-17-55-18-19-56-25-3-4-26-28(20-25)40(51)47(39(26)50)32-5-6-33(48)46-38(32)49/h2-4,7-9,20-23,32,45H,1,5-6,10-19H2,(H,46,48,49). The highest BCUT2D eigenvalue weighted by atomic mass is 19.2. The molecule has 298 valence electrons. The van der Waals surface area contributed by atoms with Crippen LogP contribution in [-0.4, -0.2) is 116 Å². The van der Waals surface area contributed by atoms with Gasteiger partial charge in [-0.25, -0.2) is 13.8 Å². The predicted octanol–water partition coefficient (Wildman–Crippen LogP) is 4.37. The van der Waals surface area contributed by atoms with Crippen molar-refractivity contribution in [2.45, 2.75) is 25.3 Å². The second kappa shape index (κ2) is 18.4. The van der Waals surface area contributed by atoms with Gasteiger partial charge in [-0.15, -0.1) is 0 Å². The number of pyridine rings is 2. The van der Waals surface area contributed by atoms with E-state index in [1.165, 1.54) is 24.5 Å². The maximum atomic E-state index is 15.0. The molecule has 57 heavy (non-hydrogen) atoms. The van der Waals surface area contributed by atoms with Gasteiger partial charge in [0, 0.05) is 71.5 Å². The number of hydrogen-bond acceptors (Lipinski definition) is 12. The molecular weight excluding hydrogens is 748 g/mol. The first-order valence-corrected chi connectivity index (χ1v) is 18.4. The van der Waals surface area contributed by atoms with Crippen molar-refractivity contribution in [1.29, 1.82) is 0 Å². The van der Waals surface area contributed by atoms with Crippen LogP contribution in [0.1, 0.15) is 40.0 Å². The Morgan fingerprint density at radius 1 is 0.702 bits per heavy atom. The van der Waals surface area contributed by atoms with Gasteiger partial charge in [-0.2, -0.15) is 0 Å². The summed E-state index contributed by atoms with van der Waals surface area (Å²) in [7, 11) is 0. The van der Waals surface area contributed by atoms with Crippen LogP contribution in [0.3, 0.4) is 0 Å². The topological polar surface area (TPSA) is 180 Å². The number of rotatable bonds is 20. The van der Waals surface area contributed by atoms with Crippen molar-refractivity contribution in [2.75, 3.05) is 66.1 Å². The minimum Gasteiger partial charge on any atom is -0.491 e. The van der Waals surface area contributed by atoms with Gasteiger partial charge in [-0.05, 0) is 42.8 Å². The lowest BCUT2D eigenvalue weighted by Crippen LogP contribution is -2.54. The summed E-state index contributed by atoms with van der Waals surface area (Å²) in [4.78, 5) is 61.7. The molecule has 1 unspecified atom stereocenters. The van der Waals surface area contributed by atoms with Crippen molar-refractivity contribution in [3.63, 3.8) is 0 Å². The van der Waals surface area contributed by atoms with Gasteiger partial charge in [0.1, 0.15) is 18.4 Å². The quantitative estimate of drug-likeness (QED) is 0.0842. The van der Waals surface area contributed by atoms with Gasteiger partial charge in [0.25, 0.3) is 11.8 Å². The minimum atomic E-state index is -1.03. The van der Waals surface area contributed by atoms with E-state index < -0.39 is 41.3 Å². The second-order valence-corrected chi connectivity index (χ2v) is 13.1. The minimum absolute atomic E-state index is 0.0509. The van der Waals surface area contributed by atoms with Crippen LogP contribution in [0.2, 0.25) is 0 Å². The third kappa shape index (κ3) is 9.07. The number of imide groups is 2. The van der Waals surface area contributed by atoms with Crippen LogP contribution >= 0.6 is 0 Å². The smallest absolute Gasteiger partial charge is 0.262 e. The van der Waals surface area contributed by atoms with Crippen LogP contribution in [0.15, 0.2) is 61.1 Å². The normalized spacial score (nSPS) is 15.5. The largest absolute Gasteiger partial charge is 0.491 e. The van der Waals surface area contributed by atoms with Crippen molar-refractivity contribution >= 4 is 45.4 Å². The van der Waals surface area contributed by atoms with Crippen molar-refractivity contribution in [2.24, 2.45) is 0 Å². The molecule has 15 nitrogen and oxygen atoms in total. The fraction of sp³-hybridized carbons (Fsp3) is 0.350. The Labute approximate surface area is 324 Å². The van der Waals surface area contributed by atoms with Gasteiger partial charge >= 0.3 is 0 Å². The summed E-state index contributed by atoms with van der Waals surface area (Å²) >= 11 is 0. The van der Waals surface area contributed by atoms with Crippen molar-refractivity contribution in [3.8, 4) is 22.8 Å². The number of ether oxygens (including phenoxy) is 6. The molecule has 1 saturated heterocycles. The first kappa shape index (κ1) is 39.4. The molecule has 1 atom stereocenters. The number of nitrogens with one attached hydrogen (secondary N) is 2. The van der Waals surface area contributed by atoms with E-state index in [9.17, 15) is 19.2 Å². The number of amides is 4. The van der Waals surface area contributed by atoms with Gasteiger partial charge in [-0.1, -0.05) is 0 Å². The number of halogens is 2. The number of aromatic nitrogens is 3. The highest BCUT2D eigenvalue weighted by Gasteiger charge is 2.44. The summed E-state index contributed by atoms with van der Waals surface area (Å²) in [6, 6.07) is 10.0. The average Bonchev–Trinajstić information content (AvgIpc) is 3.71. The molecule has 3 aromatic heterocycles. The lowest BCUT2D eigenvalue weighted by atomic mass is 10.0. The van der Waals surface area contributed by atoms with Gasteiger partial charge in [0.15, 0.2) is 11.6 Å². The third-order valence-corrected chi connectivity index (χ3v) is 9.32. The van der Waals surface area contributed by atoms with Gasteiger partial charge in [0.2, 0.25) is 17.7 Å². The van der Waals surface area contributed by atoms with E-state index in [1.807, 2.05) is 0 Å². The van der Waals surface area contributed by atoms with Crippen LogP contribution in [0.5, 0.6) is 11.6 Å². The first-order chi connectivity index (χ1) is 27.8. The number of benzene rings is 2. The SMILES string of the molecule is O=C1CCC(N2C(=O)c3ccc(OCCOCCOCCOCCOCCCOc4ccc(-c5cc6[nH]c7ccncc7c6c(F)c5F)cn4)cc3C2=O)C(=O)N1. The Kier molecular flexibility index (Phi) is 12.7. The zero-order valence-electron chi connectivity index (χ0n) is 30.7. The number of piperidine rings is 1. The number of aromatic amines is 1. The molecule has 2 N–H and O–H groups in total. The van der Waals surface area contributed by atoms with Crippen LogP contribution in [-0.2, 0) is 28.5 Å². The highest BCUT2D eigenvalue weighted by Crippen LogP contribution is 2.35. The Balaban J connectivity index is 0.689. The van der Waals surface area contributed by atoms with Crippen LogP contribution in [0, 0.1) is 11.6 Å². The summed E-state index contributed by atoms with van der Waals surface area (Å²) in [5.74, 6) is -3.43. The molecule has 2 aliphatic heterocycles. The molecule has 0 radical (unpaired) electrons. The number of carbonyl (C=O) groups excluding carboxylic acids is 4. The molecule has 5 heterocycles. The Morgan fingerprint density at radius 3 is 2.14 bits per heavy atom. The van der Waals surface area contributed by atoms with Crippen molar-refractivity contribution in [1.82, 2.24) is 25.2 Å². The van der Waals surface area contributed by atoms with Gasteiger partial charge in [-0.3, -0.25) is 34.4 Å². The predicted molar refractivity (Wildman–Crippen MR) is 199 cm³/mol. The lowest BCUT2D eigenvalue weighted by molar-refractivity contribution is -0.136. The average molecular weight is 788 g/mol. The van der Waals surface area contributed by atoms with Crippen molar-refractivity contribution < 1.29 is 56.4 Å². The number of carbonyl (C=O) groups is 4. The molecular formula is C40H39F2N5O10. The zero-order valence-corrected chi connectivity index (χ0v) is 30.7. The van der Waals surface area contributed by atoms with E-state index in [1.54, 1.807) is 36.5 Å². The molecule has 1 fully saturated rings. The molecule has 0 bridgehead atoms. The van der Waals surface area contributed by atoms with Crippen molar-refractivity contribution in [3.05, 3.63) is 83.8 Å². The summed E-state index contributed by atoms with van der Waals surface area (Å²) in [5, 5.41) is 2.85. The van der Waals surface area contributed by atoms with E-state index in [4.69, 9.17) is 28.4 Å². The summed E-state index contributed by atoms with van der Waals surface area (Å²) in [5.41, 5.74) is 1.97. The highest BCUT2D eigenvalue weighted by molar-refractivity contribution is 6.23. The van der Waals surface area contributed by atoms with Gasteiger partial charge in [0.05, 0.1) is 69.5 Å². The second-order valence-electron chi connectivity index (χ2n) is 13.1. The molecule has 2 aliphatic rings. The molecule has 17 heteroatoms. The third-order valence-electron chi connectivity index (χ3n) is 9.32. The van der Waals surface area contributed by atoms with E-state index in [0.717, 1.165) is 4.90 Å². The molecule has 2 aromatic carbocycles. The Morgan fingerprint density at radius 2 is 1.42 bits per heavy atom. The molecule has 0 saturated carbocycles. The Hall–Kier alpha value is -5.88. The van der Waals surface area contributed by atoms with E-state index in [-0.39, 0.29) is 48.1 Å². The fourth-order valence-corrected chi connectivity index (χ4v) is 6.53. The number of nitrogens with zero attached hydrogens (tertiary/aromatic N) is 3. The van der Waals surface area contributed by atoms with Crippen LogP contribution in [0.25, 0.3) is 32.9 Å². The van der Waals surface area contributed by atoms with E-state index in [0.29, 0.717) is 92.9 Å². The summed E-state index contributed by atoms with van der Waals surface area (Å²) in [6.45, 7) is 3.56.